The van der Waals surface area contributed by atoms with Gasteiger partial charge < -0.3 is 0 Å². The molecule has 82 valence electrons. The molecule has 0 aromatic carbocycles. The van der Waals surface area contributed by atoms with E-state index in [9.17, 15) is 4.79 Å². The second-order valence-corrected chi connectivity index (χ2v) is 5.23. The maximum absolute atomic E-state index is 11.5. The summed E-state index contributed by atoms with van der Waals surface area (Å²) in [5, 5.41) is 4.20. The van der Waals surface area contributed by atoms with Gasteiger partial charge in [0.05, 0.1) is 17.5 Å². The van der Waals surface area contributed by atoms with Gasteiger partial charge in [-0.2, -0.15) is 16.9 Å². The molecule has 2 heterocycles. The van der Waals surface area contributed by atoms with Gasteiger partial charge in [0, 0.05) is 13.0 Å². The summed E-state index contributed by atoms with van der Waals surface area (Å²) < 4.78 is 1.87. The Labute approximate surface area is 94.2 Å². The van der Waals surface area contributed by atoms with Gasteiger partial charge in [0.15, 0.2) is 5.78 Å². The van der Waals surface area contributed by atoms with E-state index in [4.69, 9.17) is 0 Å². The fraction of sp³-hybridized carbons (Fsp3) is 0.636. The molecule has 0 aliphatic carbocycles. The molecular formula is C11H16N2OS. The van der Waals surface area contributed by atoms with Crippen LogP contribution >= 0.6 is 11.8 Å². The molecule has 0 unspecified atom stereocenters. The molecule has 1 aromatic heterocycles. The average molecular weight is 224 g/mol. The topological polar surface area (TPSA) is 34.9 Å². The number of carbonyl (C=O) groups excluding carboxylic acids is 1. The highest BCUT2D eigenvalue weighted by Gasteiger charge is 2.23. The molecule has 0 atom stereocenters. The van der Waals surface area contributed by atoms with E-state index in [0.717, 1.165) is 11.3 Å². The van der Waals surface area contributed by atoms with E-state index in [1.807, 2.05) is 23.5 Å². The van der Waals surface area contributed by atoms with Gasteiger partial charge in [-0.05, 0) is 31.3 Å². The van der Waals surface area contributed by atoms with Crippen molar-refractivity contribution < 1.29 is 4.79 Å². The second kappa shape index (κ2) is 4.39. The van der Waals surface area contributed by atoms with Crippen molar-refractivity contribution in [3.63, 3.8) is 0 Å². The number of hydrogen-bond acceptors (Lipinski definition) is 3. The zero-order valence-electron chi connectivity index (χ0n) is 9.19. The minimum absolute atomic E-state index is 0.135. The molecule has 0 bridgehead atoms. The fourth-order valence-electron chi connectivity index (χ4n) is 2.17. The summed E-state index contributed by atoms with van der Waals surface area (Å²) in [6, 6.07) is 0. The minimum atomic E-state index is 0.135. The third-order valence-corrected chi connectivity index (χ3v) is 4.02. The number of carbonyl (C=O) groups is 1. The van der Waals surface area contributed by atoms with Crippen molar-refractivity contribution in [3.8, 4) is 0 Å². The van der Waals surface area contributed by atoms with Crippen LogP contribution in [0, 0.1) is 0 Å². The third kappa shape index (κ3) is 2.09. The first-order valence-electron chi connectivity index (χ1n) is 5.30. The average Bonchev–Trinajstić information content (AvgIpc) is 2.61. The molecule has 0 radical (unpaired) electrons. The van der Waals surface area contributed by atoms with Crippen LogP contribution in [-0.2, 0) is 7.05 Å². The van der Waals surface area contributed by atoms with E-state index >= 15 is 0 Å². The minimum Gasteiger partial charge on any atom is -0.294 e. The summed E-state index contributed by atoms with van der Waals surface area (Å²) in [6.07, 6.45) is 4.05. The lowest BCUT2D eigenvalue weighted by molar-refractivity contribution is 0.101. The molecule has 0 amide bonds. The Bertz CT molecular complexity index is 367. The fourth-order valence-corrected chi connectivity index (χ4v) is 3.28. The van der Waals surface area contributed by atoms with Gasteiger partial charge >= 0.3 is 0 Å². The molecule has 4 heteroatoms. The van der Waals surface area contributed by atoms with Crippen LogP contribution in [-0.4, -0.2) is 27.1 Å². The first kappa shape index (κ1) is 10.7. The van der Waals surface area contributed by atoms with E-state index in [-0.39, 0.29) is 5.78 Å². The van der Waals surface area contributed by atoms with Crippen molar-refractivity contribution in [3.05, 3.63) is 17.5 Å². The van der Waals surface area contributed by atoms with Crippen molar-refractivity contribution in [2.45, 2.75) is 25.7 Å². The number of hydrogen-bond donors (Lipinski definition) is 0. The zero-order valence-corrected chi connectivity index (χ0v) is 10.0. The normalized spacial score (nSPS) is 18.0. The molecule has 3 nitrogen and oxygen atoms in total. The van der Waals surface area contributed by atoms with Gasteiger partial charge in [-0.25, -0.2) is 0 Å². The largest absolute Gasteiger partial charge is 0.294 e. The first-order chi connectivity index (χ1) is 7.20. The van der Waals surface area contributed by atoms with Crippen molar-refractivity contribution in [1.82, 2.24) is 9.78 Å². The van der Waals surface area contributed by atoms with E-state index in [1.165, 1.54) is 24.3 Å². The number of nitrogens with zero attached hydrogens (tertiary/aromatic N) is 2. The van der Waals surface area contributed by atoms with E-state index in [1.54, 1.807) is 13.1 Å². The maximum atomic E-state index is 11.5. The quantitative estimate of drug-likeness (QED) is 0.723. The zero-order chi connectivity index (χ0) is 10.8. The first-order valence-corrected chi connectivity index (χ1v) is 6.46. The van der Waals surface area contributed by atoms with Crippen molar-refractivity contribution in [2.24, 2.45) is 7.05 Å². The van der Waals surface area contributed by atoms with Crippen molar-refractivity contribution in [2.75, 3.05) is 11.5 Å². The molecule has 1 aliphatic heterocycles. The lowest BCUT2D eigenvalue weighted by Crippen LogP contribution is -2.14. The maximum Gasteiger partial charge on any atom is 0.163 e. The predicted molar refractivity (Wildman–Crippen MR) is 62.5 cm³/mol. The molecule has 1 saturated heterocycles. The Morgan fingerprint density at radius 2 is 2.20 bits per heavy atom. The van der Waals surface area contributed by atoms with E-state index in [0.29, 0.717) is 5.92 Å². The number of Topliss-reactive ketones (excluding diaryl/α,β-unsaturated/α-hetero) is 1. The van der Waals surface area contributed by atoms with Gasteiger partial charge in [-0.15, -0.1) is 0 Å². The van der Waals surface area contributed by atoms with Crippen molar-refractivity contribution >= 4 is 17.5 Å². The van der Waals surface area contributed by atoms with E-state index < -0.39 is 0 Å². The molecule has 0 spiro atoms. The lowest BCUT2D eigenvalue weighted by atomic mass is 9.94. The van der Waals surface area contributed by atoms with Crippen LogP contribution in [0.5, 0.6) is 0 Å². The Hall–Kier alpha value is -0.770. The predicted octanol–water partition coefficient (Wildman–Crippen LogP) is 2.23. The Morgan fingerprint density at radius 1 is 1.53 bits per heavy atom. The SMILES string of the molecule is CC(=O)c1cnn(C)c1C1CCSCC1. The van der Waals surface area contributed by atoms with Crippen molar-refractivity contribution in [1.29, 1.82) is 0 Å². The summed E-state index contributed by atoms with van der Waals surface area (Å²) in [7, 11) is 1.93. The highest BCUT2D eigenvalue weighted by Crippen LogP contribution is 2.33. The summed E-state index contributed by atoms with van der Waals surface area (Å²) in [6.45, 7) is 1.62. The molecule has 0 N–H and O–H groups in total. The standard InChI is InChI=1S/C11H16N2OS/c1-8(14)10-7-12-13(2)11(10)9-3-5-15-6-4-9/h7,9H,3-6H2,1-2H3. The van der Waals surface area contributed by atoms with Gasteiger partial charge in [-0.1, -0.05) is 0 Å². The number of rotatable bonds is 2. The smallest absolute Gasteiger partial charge is 0.163 e. The van der Waals surface area contributed by atoms with Crippen LogP contribution in [0.15, 0.2) is 6.20 Å². The summed E-state index contributed by atoms with van der Waals surface area (Å²) in [5.74, 6) is 3.06. The highest BCUT2D eigenvalue weighted by atomic mass is 32.2. The Morgan fingerprint density at radius 3 is 2.80 bits per heavy atom. The number of aromatic nitrogens is 2. The second-order valence-electron chi connectivity index (χ2n) is 4.01. The van der Waals surface area contributed by atoms with E-state index in [2.05, 4.69) is 5.10 Å². The molecule has 2 rings (SSSR count). The van der Waals surface area contributed by atoms with Crippen LogP contribution in [0.3, 0.4) is 0 Å². The van der Waals surface area contributed by atoms with Gasteiger partial charge in [0.2, 0.25) is 0 Å². The van der Waals surface area contributed by atoms with Crippen LogP contribution < -0.4 is 0 Å². The molecule has 1 aliphatic rings. The third-order valence-electron chi connectivity index (χ3n) is 2.97. The number of ketones is 1. The molecule has 1 aromatic rings. The number of aryl methyl sites for hydroxylation is 1. The molecule has 15 heavy (non-hydrogen) atoms. The van der Waals surface area contributed by atoms with Crippen LogP contribution in [0.1, 0.15) is 41.7 Å². The lowest BCUT2D eigenvalue weighted by Gasteiger charge is -2.22. The Balaban J connectivity index is 2.32. The highest BCUT2D eigenvalue weighted by molar-refractivity contribution is 7.99. The summed E-state index contributed by atoms with van der Waals surface area (Å²) >= 11 is 2.00. The Kier molecular flexibility index (Phi) is 3.14. The molecule has 1 fully saturated rings. The van der Waals surface area contributed by atoms with Crippen LogP contribution in [0.4, 0.5) is 0 Å². The van der Waals surface area contributed by atoms with Gasteiger partial charge in [-0.3, -0.25) is 9.48 Å². The van der Waals surface area contributed by atoms with Crippen LogP contribution in [0.25, 0.3) is 0 Å². The summed E-state index contributed by atoms with van der Waals surface area (Å²) in [5.41, 5.74) is 1.96. The molecular weight excluding hydrogens is 208 g/mol. The molecule has 0 saturated carbocycles. The monoisotopic (exact) mass is 224 g/mol. The number of thioether (sulfide) groups is 1. The van der Waals surface area contributed by atoms with Gasteiger partial charge in [0.1, 0.15) is 0 Å². The van der Waals surface area contributed by atoms with Crippen LogP contribution in [0.2, 0.25) is 0 Å². The summed E-state index contributed by atoms with van der Waals surface area (Å²) in [4.78, 5) is 11.5. The van der Waals surface area contributed by atoms with Gasteiger partial charge in [0.25, 0.3) is 0 Å².